The van der Waals surface area contributed by atoms with Crippen LogP contribution in [0.5, 0.6) is 0 Å². The lowest BCUT2D eigenvalue weighted by Gasteiger charge is -2.19. The van der Waals surface area contributed by atoms with Gasteiger partial charge in [-0.1, -0.05) is 17.7 Å². The molecule has 0 N–H and O–H groups in total. The maximum Gasteiger partial charge on any atom is 0.229 e. The minimum atomic E-state index is 0.0336. The van der Waals surface area contributed by atoms with Crippen molar-refractivity contribution in [3.8, 4) is 0 Å². The van der Waals surface area contributed by atoms with Crippen LogP contribution in [0.2, 0.25) is 0 Å². The normalized spacial score (nSPS) is 10.1. The first-order valence-corrected chi connectivity index (χ1v) is 5.97. The summed E-state index contributed by atoms with van der Waals surface area (Å²) in [7, 11) is 0. The first-order valence-electron chi connectivity index (χ1n) is 5.09. The van der Waals surface area contributed by atoms with Gasteiger partial charge in [0.2, 0.25) is 5.91 Å². The fourth-order valence-electron chi connectivity index (χ4n) is 1.56. The molecule has 2 nitrogen and oxygen atoms in total. The highest BCUT2D eigenvalue weighted by Crippen LogP contribution is 2.29. The SMILES string of the molecule is CC(=O)N(c1ccc(C)cc1)c1cccs1. The Bertz CT molecular complexity index is 473. The van der Waals surface area contributed by atoms with E-state index in [1.54, 1.807) is 23.2 Å². The van der Waals surface area contributed by atoms with Crippen LogP contribution >= 0.6 is 11.3 Å². The molecule has 1 aromatic heterocycles. The number of aryl methyl sites for hydroxylation is 1. The van der Waals surface area contributed by atoms with E-state index in [-0.39, 0.29) is 5.91 Å². The molecule has 1 aromatic carbocycles. The summed E-state index contributed by atoms with van der Waals surface area (Å²) in [6.07, 6.45) is 0. The summed E-state index contributed by atoms with van der Waals surface area (Å²) >= 11 is 1.56. The quantitative estimate of drug-likeness (QED) is 0.771. The number of nitrogens with zero attached hydrogens (tertiary/aromatic N) is 1. The highest BCUT2D eigenvalue weighted by Gasteiger charge is 2.14. The summed E-state index contributed by atoms with van der Waals surface area (Å²) in [5.74, 6) is 0.0336. The number of rotatable bonds is 2. The molecule has 0 bridgehead atoms. The third kappa shape index (κ3) is 2.14. The van der Waals surface area contributed by atoms with Gasteiger partial charge in [0.1, 0.15) is 5.00 Å². The molecule has 3 heteroatoms. The summed E-state index contributed by atoms with van der Waals surface area (Å²) in [5, 5.41) is 2.93. The van der Waals surface area contributed by atoms with Crippen molar-refractivity contribution in [3.63, 3.8) is 0 Å². The molecule has 0 saturated carbocycles. The van der Waals surface area contributed by atoms with Crippen LogP contribution in [0.15, 0.2) is 41.8 Å². The zero-order valence-corrected chi connectivity index (χ0v) is 10.1. The van der Waals surface area contributed by atoms with Gasteiger partial charge in [0.25, 0.3) is 0 Å². The number of hydrogen-bond acceptors (Lipinski definition) is 2. The largest absolute Gasteiger partial charge is 0.274 e. The first kappa shape index (κ1) is 10.9. The van der Waals surface area contributed by atoms with E-state index in [1.165, 1.54) is 5.56 Å². The van der Waals surface area contributed by atoms with E-state index >= 15 is 0 Å². The molecular formula is C13H13NOS. The Labute approximate surface area is 99.1 Å². The Balaban J connectivity index is 2.41. The minimum Gasteiger partial charge on any atom is -0.274 e. The van der Waals surface area contributed by atoms with Crippen LogP contribution in [0.1, 0.15) is 12.5 Å². The smallest absolute Gasteiger partial charge is 0.229 e. The molecule has 0 fully saturated rings. The van der Waals surface area contributed by atoms with Crippen molar-refractivity contribution in [2.45, 2.75) is 13.8 Å². The van der Waals surface area contributed by atoms with E-state index in [0.29, 0.717) is 0 Å². The molecule has 1 heterocycles. The Morgan fingerprint density at radius 1 is 1.19 bits per heavy atom. The molecule has 0 unspecified atom stereocenters. The molecule has 2 aromatic rings. The maximum absolute atomic E-state index is 11.7. The molecule has 0 atom stereocenters. The second kappa shape index (κ2) is 4.49. The molecule has 0 aliphatic heterocycles. The Kier molecular flexibility index (Phi) is 3.06. The van der Waals surface area contributed by atoms with Gasteiger partial charge in [-0.25, -0.2) is 0 Å². The van der Waals surface area contributed by atoms with Crippen molar-refractivity contribution in [1.82, 2.24) is 0 Å². The van der Waals surface area contributed by atoms with Crippen LogP contribution in [0, 0.1) is 6.92 Å². The molecule has 2 rings (SSSR count). The summed E-state index contributed by atoms with van der Waals surface area (Å²) < 4.78 is 0. The van der Waals surface area contributed by atoms with Gasteiger partial charge in [0.15, 0.2) is 0 Å². The Morgan fingerprint density at radius 3 is 2.38 bits per heavy atom. The molecule has 0 aliphatic rings. The maximum atomic E-state index is 11.7. The van der Waals surface area contributed by atoms with Crippen LogP contribution in [0.25, 0.3) is 0 Å². The van der Waals surface area contributed by atoms with Gasteiger partial charge < -0.3 is 0 Å². The molecule has 82 valence electrons. The molecule has 0 radical (unpaired) electrons. The molecule has 0 aliphatic carbocycles. The standard InChI is InChI=1S/C13H13NOS/c1-10-5-7-12(8-6-10)14(11(2)15)13-4-3-9-16-13/h3-9H,1-2H3. The zero-order valence-electron chi connectivity index (χ0n) is 9.31. The number of hydrogen-bond donors (Lipinski definition) is 0. The van der Waals surface area contributed by atoms with Crippen molar-refractivity contribution >= 4 is 27.9 Å². The van der Waals surface area contributed by atoms with Crippen LogP contribution in [0.3, 0.4) is 0 Å². The van der Waals surface area contributed by atoms with Crippen molar-refractivity contribution in [1.29, 1.82) is 0 Å². The molecule has 16 heavy (non-hydrogen) atoms. The van der Waals surface area contributed by atoms with Gasteiger partial charge in [-0.15, -0.1) is 11.3 Å². The third-order valence-corrected chi connectivity index (χ3v) is 3.19. The zero-order chi connectivity index (χ0) is 11.5. The first-order chi connectivity index (χ1) is 7.68. The minimum absolute atomic E-state index is 0.0336. The lowest BCUT2D eigenvalue weighted by molar-refractivity contribution is -0.115. The highest BCUT2D eigenvalue weighted by molar-refractivity contribution is 7.14. The number of carbonyl (C=O) groups is 1. The molecule has 0 spiro atoms. The van der Waals surface area contributed by atoms with Gasteiger partial charge in [0, 0.05) is 12.6 Å². The fraction of sp³-hybridized carbons (Fsp3) is 0.154. The molecule has 0 saturated heterocycles. The van der Waals surface area contributed by atoms with E-state index in [4.69, 9.17) is 0 Å². The topological polar surface area (TPSA) is 20.3 Å². The van der Waals surface area contributed by atoms with E-state index in [1.807, 2.05) is 48.7 Å². The van der Waals surface area contributed by atoms with Crippen molar-refractivity contribution in [2.75, 3.05) is 4.90 Å². The van der Waals surface area contributed by atoms with Crippen LogP contribution < -0.4 is 4.90 Å². The monoisotopic (exact) mass is 231 g/mol. The van der Waals surface area contributed by atoms with E-state index in [9.17, 15) is 4.79 Å². The number of thiophene rings is 1. The van der Waals surface area contributed by atoms with Gasteiger partial charge in [-0.05, 0) is 36.6 Å². The van der Waals surface area contributed by atoms with Crippen LogP contribution in [-0.2, 0) is 4.79 Å². The van der Waals surface area contributed by atoms with Gasteiger partial charge in [-0.2, -0.15) is 0 Å². The van der Waals surface area contributed by atoms with Crippen molar-refractivity contribution < 1.29 is 4.79 Å². The third-order valence-electron chi connectivity index (χ3n) is 2.33. The highest BCUT2D eigenvalue weighted by atomic mass is 32.1. The van der Waals surface area contributed by atoms with E-state index in [2.05, 4.69) is 0 Å². The Morgan fingerprint density at radius 2 is 1.88 bits per heavy atom. The van der Waals surface area contributed by atoms with Crippen LogP contribution in [-0.4, -0.2) is 5.91 Å². The molecule has 1 amide bonds. The lowest BCUT2D eigenvalue weighted by Crippen LogP contribution is -2.21. The Hall–Kier alpha value is -1.61. The number of carbonyl (C=O) groups excluding carboxylic acids is 1. The van der Waals surface area contributed by atoms with Gasteiger partial charge >= 0.3 is 0 Å². The number of benzene rings is 1. The molecular weight excluding hydrogens is 218 g/mol. The summed E-state index contributed by atoms with van der Waals surface area (Å²) in [6, 6.07) is 11.9. The van der Waals surface area contributed by atoms with E-state index < -0.39 is 0 Å². The predicted molar refractivity (Wildman–Crippen MR) is 68.3 cm³/mol. The summed E-state index contributed by atoms with van der Waals surface area (Å²) in [6.45, 7) is 3.62. The van der Waals surface area contributed by atoms with Gasteiger partial charge in [0.05, 0.1) is 0 Å². The van der Waals surface area contributed by atoms with Crippen molar-refractivity contribution in [2.24, 2.45) is 0 Å². The van der Waals surface area contributed by atoms with Crippen molar-refractivity contribution in [3.05, 3.63) is 47.3 Å². The lowest BCUT2D eigenvalue weighted by atomic mass is 10.2. The average molecular weight is 231 g/mol. The number of anilines is 2. The number of amides is 1. The predicted octanol–water partition coefficient (Wildman–Crippen LogP) is 3.74. The van der Waals surface area contributed by atoms with Crippen LogP contribution in [0.4, 0.5) is 10.7 Å². The second-order valence-electron chi connectivity index (χ2n) is 3.64. The van der Waals surface area contributed by atoms with E-state index in [0.717, 1.165) is 10.7 Å². The summed E-state index contributed by atoms with van der Waals surface area (Å²) in [4.78, 5) is 13.4. The second-order valence-corrected chi connectivity index (χ2v) is 4.57. The van der Waals surface area contributed by atoms with Gasteiger partial charge in [-0.3, -0.25) is 9.69 Å². The average Bonchev–Trinajstić information content (AvgIpc) is 2.74. The summed E-state index contributed by atoms with van der Waals surface area (Å²) in [5.41, 5.74) is 2.11. The fourth-order valence-corrected chi connectivity index (χ4v) is 2.35.